The Morgan fingerprint density at radius 1 is 1.50 bits per heavy atom. The number of allylic oxidation sites excluding steroid dienone is 2. The van der Waals surface area contributed by atoms with Gasteiger partial charge in [-0.3, -0.25) is 0 Å². The third-order valence-electron chi connectivity index (χ3n) is 3.58. The van der Waals surface area contributed by atoms with Gasteiger partial charge in [-0.25, -0.2) is 0 Å². The van der Waals surface area contributed by atoms with Crippen LogP contribution in [0.15, 0.2) is 11.6 Å². The summed E-state index contributed by atoms with van der Waals surface area (Å²) in [4.78, 5) is 10.7. The minimum atomic E-state index is -0.883. The van der Waals surface area contributed by atoms with Crippen LogP contribution in [0.3, 0.4) is 0 Å². The van der Waals surface area contributed by atoms with E-state index in [1.54, 1.807) is 0 Å². The van der Waals surface area contributed by atoms with Crippen molar-refractivity contribution in [2.75, 3.05) is 0 Å². The molecular weight excluding hydrogens is 203 g/mol. The number of carbonyl (C=O) groups is 1. The molecule has 0 heterocycles. The first-order valence-electron chi connectivity index (χ1n) is 4.94. The van der Waals surface area contributed by atoms with Crippen LogP contribution >= 0.6 is 0 Å². The first-order chi connectivity index (χ1) is 6.03. The van der Waals surface area contributed by atoms with Crippen LogP contribution in [-0.4, -0.2) is 5.97 Å². The maximum absolute atomic E-state index is 10.7. The van der Waals surface area contributed by atoms with Crippen molar-refractivity contribution in [3.63, 3.8) is 0 Å². The topological polar surface area (TPSA) is 40.1 Å². The molecule has 0 radical (unpaired) electrons. The van der Waals surface area contributed by atoms with E-state index < -0.39 is 5.97 Å². The molecule has 0 aliphatic heterocycles. The number of carbonyl (C=O) groups excluding carboxylic acids is 1. The molecule has 0 N–H and O–H groups in total. The molecule has 3 heteroatoms. The zero-order chi connectivity index (χ0) is 9.64. The zero-order valence-electron chi connectivity index (χ0n) is 9.17. The van der Waals surface area contributed by atoms with E-state index in [-0.39, 0.29) is 68.6 Å². The van der Waals surface area contributed by atoms with Crippen molar-refractivity contribution in [1.82, 2.24) is 0 Å². The second kappa shape index (κ2) is 4.38. The van der Waals surface area contributed by atoms with E-state index >= 15 is 0 Å². The molecule has 0 aromatic heterocycles. The summed E-state index contributed by atoms with van der Waals surface area (Å²) in [6, 6.07) is 0. The molecule has 2 nitrogen and oxygen atoms in total. The molecule has 14 heavy (non-hydrogen) atoms. The summed E-state index contributed by atoms with van der Waals surface area (Å²) in [7, 11) is 0. The van der Waals surface area contributed by atoms with Crippen LogP contribution in [0.4, 0.5) is 0 Å². The van der Waals surface area contributed by atoms with Crippen LogP contribution in [0.1, 0.15) is 33.1 Å². The smallest absolute Gasteiger partial charge is 0.550 e. The Balaban J connectivity index is 0.000000980. The normalized spacial score (nSPS) is 32.6. The van der Waals surface area contributed by atoms with Crippen molar-refractivity contribution in [1.29, 1.82) is 0 Å². The number of carboxylic acids is 1. The van der Waals surface area contributed by atoms with E-state index in [2.05, 4.69) is 6.08 Å². The molecule has 2 fully saturated rings. The van der Waals surface area contributed by atoms with Gasteiger partial charge in [0.25, 0.3) is 0 Å². The van der Waals surface area contributed by atoms with Gasteiger partial charge in [0.05, 0.1) is 0 Å². The Hall–Kier alpha value is 0.846. The molecule has 2 aliphatic rings. The molecule has 0 aromatic carbocycles. The summed E-state index contributed by atoms with van der Waals surface area (Å²) in [5.41, 5.74) is 1.38. The second-order valence-electron chi connectivity index (χ2n) is 4.82. The van der Waals surface area contributed by atoms with Crippen molar-refractivity contribution in [3.8, 4) is 0 Å². The maximum Gasteiger partial charge on any atom is 1.00 e. The summed E-state index contributed by atoms with van der Waals surface area (Å²) in [5.74, 6) is -0.903. The molecular formula is C11H15KO2. The summed E-state index contributed by atoms with van der Waals surface area (Å²) in [6.45, 7) is 4.02. The van der Waals surface area contributed by atoms with Gasteiger partial charge in [0.1, 0.15) is 0 Å². The van der Waals surface area contributed by atoms with E-state index in [1.165, 1.54) is 24.8 Å². The minimum absolute atomic E-state index is 0. The first-order valence-corrected chi connectivity index (χ1v) is 4.94. The third kappa shape index (κ3) is 2.17. The number of hydrogen-bond donors (Lipinski definition) is 0. The quantitative estimate of drug-likeness (QED) is 0.402. The van der Waals surface area contributed by atoms with Gasteiger partial charge in [-0.2, -0.15) is 0 Å². The van der Waals surface area contributed by atoms with Crippen molar-refractivity contribution in [3.05, 3.63) is 11.6 Å². The van der Waals surface area contributed by atoms with Gasteiger partial charge in [-0.05, 0) is 30.6 Å². The van der Waals surface area contributed by atoms with Crippen LogP contribution in [0.5, 0.6) is 0 Å². The van der Waals surface area contributed by atoms with E-state index in [0.717, 1.165) is 0 Å². The number of hydrogen-bond acceptors (Lipinski definition) is 2. The van der Waals surface area contributed by atoms with Gasteiger partial charge in [-0.1, -0.05) is 25.5 Å². The molecule has 0 spiro atoms. The molecule has 2 atom stereocenters. The second-order valence-corrected chi connectivity index (χ2v) is 4.82. The summed E-state index contributed by atoms with van der Waals surface area (Å²) in [5, 5.41) is 10.7. The van der Waals surface area contributed by atoms with Gasteiger partial charge in [0.15, 0.2) is 0 Å². The summed E-state index contributed by atoms with van der Waals surface area (Å²) in [6.07, 6.45) is 5.79. The van der Waals surface area contributed by atoms with Crippen LogP contribution in [0, 0.1) is 17.3 Å². The van der Waals surface area contributed by atoms with E-state index in [1.807, 2.05) is 13.8 Å². The Labute approximate surface area is 128 Å². The average Bonchev–Trinajstić information content (AvgIpc) is 2.44. The van der Waals surface area contributed by atoms with Gasteiger partial charge < -0.3 is 9.90 Å². The van der Waals surface area contributed by atoms with Crippen molar-refractivity contribution in [2.24, 2.45) is 17.3 Å². The van der Waals surface area contributed by atoms with E-state index in [0.29, 0.717) is 0 Å². The average molecular weight is 218 g/mol. The predicted molar refractivity (Wildman–Crippen MR) is 47.7 cm³/mol. The summed E-state index contributed by atoms with van der Waals surface area (Å²) >= 11 is 0. The molecule has 2 unspecified atom stereocenters. The molecule has 72 valence electrons. The summed E-state index contributed by atoms with van der Waals surface area (Å²) < 4.78 is 0. The fourth-order valence-electron chi connectivity index (χ4n) is 2.24. The molecule has 2 rings (SSSR count). The fraction of sp³-hybridized carbons (Fsp3) is 0.727. The molecule has 0 aromatic rings. The Kier molecular flexibility index (Phi) is 4.04. The van der Waals surface area contributed by atoms with Crippen molar-refractivity contribution < 1.29 is 61.3 Å². The Bertz CT molecular complexity index is 275. The number of aliphatic carboxylic acids is 1. The zero-order valence-corrected chi connectivity index (χ0v) is 12.3. The van der Waals surface area contributed by atoms with Gasteiger partial charge >= 0.3 is 51.4 Å². The SMILES string of the molecule is CC1(C)C(C=C2CCC2)C1C(=O)[O-].[K+]. The minimum Gasteiger partial charge on any atom is -0.550 e. The van der Waals surface area contributed by atoms with E-state index in [9.17, 15) is 9.90 Å². The molecule has 0 saturated heterocycles. The first kappa shape index (κ1) is 12.9. The van der Waals surface area contributed by atoms with E-state index in [4.69, 9.17) is 0 Å². The van der Waals surface area contributed by atoms with Crippen molar-refractivity contribution >= 4 is 5.97 Å². The predicted octanol–water partition coefficient (Wildman–Crippen LogP) is -1.88. The third-order valence-corrected chi connectivity index (χ3v) is 3.58. The van der Waals surface area contributed by atoms with Gasteiger partial charge in [0.2, 0.25) is 0 Å². The fourth-order valence-corrected chi connectivity index (χ4v) is 2.24. The Morgan fingerprint density at radius 3 is 2.36 bits per heavy atom. The maximum atomic E-state index is 10.7. The molecule has 0 bridgehead atoms. The molecule has 2 aliphatic carbocycles. The van der Waals surface area contributed by atoms with Crippen LogP contribution < -0.4 is 56.5 Å². The van der Waals surface area contributed by atoms with Crippen LogP contribution in [0.2, 0.25) is 0 Å². The van der Waals surface area contributed by atoms with Gasteiger partial charge in [-0.15, -0.1) is 0 Å². The molecule has 0 amide bonds. The largest absolute Gasteiger partial charge is 1.00 e. The monoisotopic (exact) mass is 218 g/mol. The number of rotatable bonds is 2. The number of carboxylic acid groups (broad SMARTS) is 1. The van der Waals surface area contributed by atoms with Gasteiger partial charge in [0, 0.05) is 11.9 Å². The van der Waals surface area contributed by atoms with Crippen molar-refractivity contribution in [2.45, 2.75) is 33.1 Å². The molecule has 2 saturated carbocycles. The van der Waals surface area contributed by atoms with Crippen LogP contribution in [0.25, 0.3) is 0 Å². The standard InChI is InChI=1S/C11H16O2.K/c1-11(2)8(9(11)10(12)13)6-7-4-3-5-7;/h6,8-9H,3-5H2,1-2H3,(H,12,13);/q;+1/p-1. The Morgan fingerprint density at radius 2 is 2.07 bits per heavy atom. The van der Waals surface area contributed by atoms with Crippen LogP contribution in [-0.2, 0) is 4.79 Å².